The molecule has 9 heteroatoms. The summed E-state index contributed by atoms with van der Waals surface area (Å²) in [6.07, 6.45) is 7.26. The first-order valence-corrected chi connectivity index (χ1v) is 11.2. The number of benzene rings is 1. The minimum absolute atomic E-state index is 0.00297. The van der Waals surface area contributed by atoms with Gasteiger partial charge < -0.3 is 10.1 Å². The van der Waals surface area contributed by atoms with Crippen LogP contribution in [0.2, 0.25) is 0 Å². The number of aryl methyl sites for hydroxylation is 1. The SMILES string of the molecule is CCc1ccc([C@@H](CC2CCOCC2)C(=O)Nc2cnccn2)c(S(N)(=O)=O)c1. The Balaban J connectivity index is 1.99. The third-order valence-electron chi connectivity index (χ3n) is 5.21. The van der Waals surface area contributed by atoms with E-state index in [-0.39, 0.29) is 16.7 Å². The van der Waals surface area contributed by atoms with Crippen LogP contribution in [0.25, 0.3) is 0 Å². The Bertz CT molecular complexity index is 944. The van der Waals surface area contributed by atoms with Crippen LogP contribution < -0.4 is 10.5 Å². The molecule has 1 aromatic carbocycles. The molecular formula is C20H26N4O4S. The molecule has 2 aromatic rings. The number of amides is 1. The fraction of sp³-hybridized carbons (Fsp3) is 0.450. The molecule has 0 aliphatic carbocycles. The molecule has 29 heavy (non-hydrogen) atoms. The highest BCUT2D eigenvalue weighted by Gasteiger charge is 2.30. The predicted molar refractivity (Wildman–Crippen MR) is 109 cm³/mol. The van der Waals surface area contributed by atoms with E-state index in [4.69, 9.17) is 9.88 Å². The zero-order valence-electron chi connectivity index (χ0n) is 16.4. The number of sulfonamides is 1. The smallest absolute Gasteiger partial charge is 0.238 e. The first-order chi connectivity index (χ1) is 13.9. The summed E-state index contributed by atoms with van der Waals surface area (Å²) >= 11 is 0. The average Bonchev–Trinajstić information content (AvgIpc) is 2.72. The van der Waals surface area contributed by atoms with Gasteiger partial charge in [0.15, 0.2) is 5.82 Å². The number of aromatic nitrogens is 2. The quantitative estimate of drug-likeness (QED) is 0.710. The van der Waals surface area contributed by atoms with E-state index < -0.39 is 15.9 Å². The van der Waals surface area contributed by atoms with Crippen molar-refractivity contribution in [1.29, 1.82) is 0 Å². The molecule has 3 rings (SSSR count). The first-order valence-electron chi connectivity index (χ1n) is 9.68. The van der Waals surface area contributed by atoms with Gasteiger partial charge in [-0.1, -0.05) is 19.1 Å². The van der Waals surface area contributed by atoms with Crippen LogP contribution in [0, 0.1) is 5.92 Å². The maximum Gasteiger partial charge on any atom is 0.238 e. The summed E-state index contributed by atoms with van der Waals surface area (Å²) < 4.78 is 30.0. The summed E-state index contributed by atoms with van der Waals surface area (Å²) in [6, 6.07) is 5.12. The number of nitrogens with two attached hydrogens (primary N) is 1. The fourth-order valence-electron chi connectivity index (χ4n) is 3.60. The lowest BCUT2D eigenvalue weighted by Crippen LogP contribution is -2.28. The van der Waals surface area contributed by atoms with E-state index in [0.717, 1.165) is 18.4 Å². The third-order valence-corrected chi connectivity index (χ3v) is 6.18. The summed E-state index contributed by atoms with van der Waals surface area (Å²) in [5.74, 6) is -0.442. The number of anilines is 1. The van der Waals surface area contributed by atoms with Crippen molar-refractivity contribution in [2.75, 3.05) is 18.5 Å². The molecule has 0 unspecified atom stereocenters. The second-order valence-corrected chi connectivity index (χ2v) is 8.72. The second kappa shape index (κ2) is 9.43. The topological polar surface area (TPSA) is 124 Å². The van der Waals surface area contributed by atoms with E-state index in [1.165, 1.54) is 18.6 Å². The number of ether oxygens (including phenoxy) is 1. The summed E-state index contributed by atoms with van der Waals surface area (Å²) in [6.45, 7) is 3.21. The number of hydrogen-bond acceptors (Lipinski definition) is 6. The normalized spacial score (nSPS) is 16.3. The zero-order valence-corrected chi connectivity index (χ0v) is 17.2. The third kappa shape index (κ3) is 5.59. The molecule has 156 valence electrons. The van der Waals surface area contributed by atoms with Gasteiger partial charge in [-0.25, -0.2) is 18.5 Å². The molecule has 0 spiro atoms. The molecule has 1 aliphatic rings. The highest BCUT2D eigenvalue weighted by molar-refractivity contribution is 7.89. The lowest BCUT2D eigenvalue weighted by Gasteiger charge is -2.27. The fourth-order valence-corrected chi connectivity index (χ4v) is 4.46. The highest BCUT2D eigenvalue weighted by atomic mass is 32.2. The zero-order chi connectivity index (χ0) is 20.9. The standard InChI is InChI=1S/C20H26N4O4S/c1-2-14-3-4-16(18(12-14)29(21,26)27)17(11-15-5-9-28-10-6-15)20(25)24-19-13-22-7-8-23-19/h3-4,7-8,12-13,15,17H,2,5-6,9-11H2,1H3,(H2,21,26,27)(H,23,24,25)/t17-/m1/s1. The second-order valence-electron chi connectivity index (χ2n) is 7.19. The van der Waals surface area contributed by atoms with Gasteiger partial charge in [0, 0.05) is 25.6 Å². The van der Waals surface area contributed by atoms with E-state index in [0.29, 0.717) is 37.4 Å². The maximum absolute atomic E-state index is 13.2. The predicted octanol–water partition coefficient (Wildman–Crippen LogP) is 2.23. The number of nitrogens with one attached hydrogen (secondary N) is 1. The van der Waals surface area contributed by atoms with Gasteiger partial charge in [-0.2, -0.15) is 0 Å². The van der Waals surface area contributed by atoms with Crippen LogP contribution in [0.5, 0.6) is 0 Å². The molecule has 1 aromatic heterocycles. The lowest BCUT2D eigenvalue weighted by molar-refractivity contribution is -0.118. The van der Waals surface area contributed by atoms with E-state index in [2.05, 4.69) is 15.3 Å². The van der Waals surface area contributed by atoms with Crippen LogP contribution in [0.3, 0.4) is 0 Å². The van der Waals surface area contributed by atoms with Crippen molar-refractivity contribution in [1.82, 2.24) is 9.97 Å². The van der Waals surface area contributed by atoms with Gasteiger partial charge in [-0.3, -0.25) is 9.78 Å². The monoisotopic (exact) mass is 418 g/mol. The minimum atomic E-state index is -3.99. The van der Waals surface area contributed by atoms with Crippen LogP contribution in [0.4, 0.5) is 5.82 Å². The Hall–Kier alpha value is -2.36. The van der Waals surface area contributed by atoms with Crippen LogP contribution in [0.1, 0.15) is 43.2 Å². The number of hydrogen-bond donors (Lipinski definition) is 2. The van der Waals surface area contributed by atoms with Crippen molar-refractivity contribution < 1.29 is 17.9 Å². The van der Waals surface area contributed by atoms with Crippen molar-refractivity contribution in [3.63, 3.8) is 0 Å². The van der Waals surface area contributed by atoms with Crippen LogP contribution >= 0.6 is 0 Å². The summed E-state index contributed by atoms with van der Waals surface area (Å²) in [5, 5.41) is 8.26. The molecule has 3 N–H and O–H groups in total. The average molecular weight is 419 g/mol. The van der Waals surface area contributed by atoms with E-state index in [9.17, 15) is 13.2 Å². The Labute approximate surface area is 170 Å². The van der Waals surface area contributed by atoms with E-state index in [1.54, 1.807) is 12.1 Å². The van der Waals surface area contributed by atoms with E-state index in [1.807, 2.05) is 13.0 Å². The number of carbonyl (C=O) groups excluding carboxylic acids is 1. The number of carbonyl (C=O) groups is 1. The number of nitrogens with zero attached hydrogens (tertiary/aromatic N) is 2. The van der Waals surface area contributed by atoms with Crippen LogP contribution in [0.15, 0.2) is 41.7 Å². The van der Waals surface area contributed by atoms with Gasteiger partial charge >= 0.3 is 0 Å². The van der Waals surface area contributed by atoms with Crippen molar-refractivity contribution in [2.45, 2.75) is 43.4 Å². The maximum atomic E-state index is 13.2. The molecule has 1 saturated heterocycles. The van der Waals surface area contributed by atoms with Gasteiger partial charge in [-0.15, -0.1) is 0 Å². The molecule has 2 heterocycles. The molecular weight excluding hydrogens is 392 g/mol. The Morgan fingerprint density at radius 2 is 2.07 bits per heavy atom. The molecule has 0 radical (unpaired) electrons. The molecule has 1 aliphatic heterocycles. The lowest BCUT2D eigenvalue weighted by atomic mass is 9.84. The summed E-state index contributed by atoms with van der Waals surface area (Å²) in [4.78, 5) is 21.2. The Morgan fingerprint density at radius 3 is 2.69 bits per heavy atom. The van der Waals surface area contributed by atoms with Crippen molar-refractivity contribution in [3.05, 3.63) is 47.9 Å². The van der Waals surface area contributed by atoms with Crippen molar-refractivity contribution in [3.8, 4) is 0 Å². The van der Waals surface area contributed by atoms with Crippen molar-refractivity contribution in [2.24, 2.45) is 11.1 Å². The number of primary sulfonamides is 1. The Kier molecular flexibility index (Phi) is 6.94. The highest BCUT2D eigenvalue weighted by Crippen LogP contribution is 2.34. The largest absolute Gasteiger partial charge is 0.381 e. The van der Waals surface area contributed by atoms with Gasteiger partial charge in [0.2, 0.25) is 15.9 Å². The Morgan fingerprint density at radius 1 is 1.31 bits per heavy atom. The molecule has 8 nitrogen and oxygen atoms in total. The minimum Gasteiger partial charge on any atom is -0.381 e. The first kappa shape index (κ1) is 21.4. The van der Waals surface area contributed by atoms with Crippen molar-refractivity contribution >= 4 is 21.7 Å². The molecule has 0 bridgehead atoms. The van der Waals surface area contributed by atoms with E-state index >= 15 is 0 Å². The van der Waals surface area contributed by atoms with Crippen LogP contribution in [-0.2, 0) is 26.0 Å². The molecule has 0 saturated carbocycles. The molecule has 1 fully saturated rings. The van der Waals surface area contributed by atoms with Gasteiger partial charge in [0.1, 0.15) is 0 Å². The van der Waals surface area contributed by atoms with Gasteiger partial charge in [-0.05, 0) is 48.8 Å². The summed E-state index contributed by atoms with van der Waals surface area (Å²) in [7, 11) is -3.99. The number of rotatable bonds is 7. The van der Waals surface area contributed by atoms with Gasteiger partial charge in [0.05, 0.1) is 17.0 Å². The van der Waals surface area contributed by atoms with Crippen LogP contribution in [-0.4, -0.2) is 37.5 Å². The summed E-state index contributed by atoms with van der Waals surface area (Å²) in [5.41, 5.74) is 1.26. The molecule has 1 atom stereocenters. The molecule has 1 amide bonds. The van der Waals surface area contributed by atoms with Gasteiger partial charge in [0.25, 0.3) is 0 Å².